The van der Waals surface area contributed by atoms with Crippen LogP contribution in [-0.2, 0) is 14.3 Å². The van der Waals surface area contributed by atoms with Crippen molar-refractivity contribution in [1.29, 1.82) is 0 Å². The number of likely N-dealkylation sites (tertiary alicyclic amines) is 1. The van der Waals surface area contributed by atoms with Crippen LogP contribution < -0.4 is 9.47 Å². The molecule has 4 rings (SSSR count). The molecule has 2 heterocycles. The summed E-state index contributed by atoms with van der Waals surface area (Å²) in [6, 6.07) is 5.77. The van der Waals surface area contributed by atoms with E-state index in [0.29, 0.717) is 23.5 Å². The molecule has 1 aromatic carbocycles. The number of rotatable bonds is 4. The lowest BCUT2D eigenvalue weighted by molar-refractivity contribution is -0.151. The van der Waals surface area contributed by atoms with Crippen LogP contribution in [0.25, 0.3) is 6.08 Å². The second-order valence-corrected chi connectivity index (χ2v) is 7.39. The lowest BCUT2D eigenvalue weighted by atomic mass is 9.78. The van der Waals surface area contributed by atoms with Crippen LogP contribution in [0, 0.1) is 5.92 Å². The van der Waals surface area contributed by atoms with E-state index < -0.39 is 5.97 Å². The average Bonchev–Trinajstić information content (AvgIpc) is 3.18. The van der Waals surface area contributed by atoms with E-state index in [4.69, 9.17) is 14.2 Å². The highest BCUT2D eigenvalue weighted by Gasteiger charge is 2.35. The summed E-state index contributed by atoms with van der Waals surface area (Å²) in [7, 11) is 0. The van der Waals surface area contributed by atoms with Gasteiger partial charge in [0.15, 0.2) is 18.1 Å². The smallest absolute Gasteiger partial charge is 0.331 e. The molecule has 0 unspecified atom stereocenters. The molecule has 0 bridgehead atoms. The van der Waals surface area contributed by atoms with Crippen LogP contribution in [0.15, 0.2) is 24.3 Å². The summed E-state index contributed by atoms with van der Waals surface area (Å²) in [5.74, 6) is 1.39. The van der Waals surface area contributed by atoms with Gasteiger partial charge in [0.05, 0.1) is 0 Å². The number of ether oxygens (including phenoxy) is 3. The number of hydrogen-bond acceptors (Lipinski definition) is 5. The Hall–Kier alpha value is -2.50. The number of hydrogen-bond donors (Lipinski definition) is 0. The van der Waals surface area contributed by atoms with E-state index in [-0.39, 0.29) is 19.3 Å². The molecule has 144 valence electrons. The second-order valence-electron chi connectivity index (χ2n) is 7.39. The van der Waals surface area contributed by atoms with Crippen molar-refractivity contribution in [1.82, 2.24) is 4.90 Å². The van der Waals surface area contributed by atoms with Crippen molar-refractivity contribution in [2.45, 2.75) is 44.6 Å². The summed E-state index contributed by atoms with van der Waals surface area (Å²) in [5, 5.41) is 0. The third-order valence-electron chi connectivity index (χ3n) is 5.71. The van der Waals surface area contributed by atoms with Gasteiger partial charge in [0, 0.05) is 18.7 Å². The van der Waals surface area contributed by atoms with Crippen LogP contribution in [0.2, 0.25) is 0 Å². The quantitative estimate of drug-likeness (QED) is 0.601. The van der Waals surface area contributed by atoms with Crippen molar-refractivity contribution < 1.29 is 23.8 Å². The Balaban J connectivity index is 1.29. The van der Waals surface area contributed by atoms with Gasteiger partial charge in [0.2, 0.25) is 6.79 Å². The first-order chi connectivity index (χ1) is 13.2. The lowest BCUT2D eigenvalue weighted by Gasteiger charge is -2.44. The first-order valence-electron chi connectivity index (χ1n) is 9.75. The first-order valence-corrected chi connectivity index (χ1v) is 9.75. The molecule has 1 aliphatic carbocycles. The highest BCUT2D eigenvalue weighted by molar-refractivity contribution is 5.89. The highest BCUT2D eigenvalue weighted by Crippen LogP contribution is 2.35. The van der Waals surface area contributed by atoms with Crippen LogP contribution in [0.5, 0.6) is 11.5 Å². The van der Waals surface area contributed by atoms with E-state index in [1.807, 2.05) is 11.0 Å². The minimum atomic E-state index is -0.516. The highest BCUT2D eigenvalue weighted by atomic mass is 16.7. The molecule has 1 amide bonds. The van der Waals surface area contributed by atoms with Crippen LogP contribution >= 0.6 is 0 Å². The van der Waals surface area contributed by atoms with Gasteiger partial charge in [0.25, 0.3) is 5.91 Å². The summed E-state index contributed by atoms with van der Waals surface area (Å²) in [5.41, 5.74) is 0.809. The van der Waals surface area contributed by atoms with Gasteiger partial charge in [-0.05, 0) is 55.4 Å². The Morgan fingerprint density at radius 3 is 2.85 bits per heavy atom. The molecule has 0 aromatic heterocycles. The third kappa shape index (κ3) is 4.10. The van der Waals surface area contributed by atoms with Gasteiger partial charge >= 0.3 is 5.97 Å². The fraction of sp³-hybridized carbons (Fsp3) is 0.524. The van der Waals surface area contributed by atoms with Crippen molar-refractivity contribution in [3.8, 4) is 11.5 Å². The molecule has 1 aromatic rings. The van der Waals surface area contributed by atoms with Gasteiger partial charge in [-0.1, -0.05) is 18.9 Å². The normalized spacial score (nSPS) is 23.9. The van der Waals surface area contributed by atoms with E-state index in [1.54, 1.807) is 18.2 Å². The van der Waals surface area contributed by atoms with Crippen LogP contribution in [0.4, 0.5) is 0 Å². The minimum Gasteiger partial charge on any atom is -0.454 e. The Morgan fingerprint density at radius 2 is 1.93 bits per heavy atom. The van der Waals surface area contributed by atoms with Crippen molar-refractivity contribution in [2.24, 2.45) is 5.92 Å². The predicted molar refractivity (Wildman–Crippen MR) is 99.3 cm³/mol. The van der Waals surface area contributed by atoms with Crippen LogP contribution in [0.1, 0.15) is 44.1 Å². The molecule has 0 N–H and O–H groups in total. The molecule has 6 nitrogen and oxygen atoms in total. The molecule has 2 aliphatic heterocycles. The Labute approximate surface area is 159 Å². The van der Waals surface area contributed by atoms with Crippen molar-refractivity contribution in [3.05, 3.63) is 29.8 Å². The van der Waals surface area contributed by atoms with E-state index in [0.717, 1.165) is 24.9 Å². The zero-order valence-electron chi connectivity index (χ0n) is 15.4. The number of benzene rings is 1. The third-order valence-corrected chi connectivity index (χ3v) is 5.71. The number of piperidine rings is 1. The second kappa shape index (κ2) is 8.03. The molecule has 2 atom stereocenters. The minimum absolute atomic E-state index is 0.0728. The van der Waals surface area contributed by atoms with Crippen LogP contribution in [-0.4, -0.2) is 42.8 Å². The number of carbonyl (C=O) groups is 2. The van der Waals surface area contributed by atoms with Crippen molar-refractivity contribution >= 4 is 18.0 Å². The fourth-order valence-electron chi connectivity index (χ4n) is 4.38. The molecular weight excluding hydrogens is 346 g/mol. The number of fused-ring (bicyclic) bond motifs is 2. The van der Waals surface area contributed by atoms with Gasteiger partial charge in [0.1, 0.15) is 0 Å². The standard InChI is InChI=1S/C21H25NO5/c23-20(22-11-3-5-16-4-1-2-6-17(16)22)13-25-21(24)10-8-15-7-9-18-19(12-15)27-14-26-18/h7-10,12,16-17H,1-6,11,13-14H2/b10-8+/t16-,17-/m0/s1. The van der Waals surface area contributed by atoms with Gasteiger partial charge in [-0.15, -0.1) is 0 Å². The molecule has 1 saturated carbocycles. The van der Waals surface area contributed by atoms with E-state index in [9.17, 15) is 9.59 Å². The largest absolute Gasteiger partial charge is 0.454 e. The van der Waals surface area contributed by atoms with Gasteiger partial charge in [-0.2, -0.15) is 0 Å². The number of esters is 1. The number of carbonyl (C=O) groups excluding carboxylic acids is 2. The maximum absolute atomic E-state index is 12.6. The van der Waals surface area contributed by atoms with E-state index >= 15 is 0 Å². The Bertz CT molecular complexity index is 742. The molecule has 6 heteroatoms. The van der Waals surface area contributed by atoms with Crippen molar-refractivity contribution in [2.75, 3.05) is 19.9 Å². The average molecular weight is 371 g/mol. The summed E-state index contributed by atoms with van der Waals surface area (Å²) in [4.78, 5) is 26.5. The summed E-state index contributed by atoms with van der Waals surface area (Å²) < 4.78 is 15.8. The number of amides is 1. The zero-order valence-corrected chi connectivity index (χ0v) is 15.4. The molecule has 27 heavy (non-hydrogen) atoms. The van der Waals surface area contributed by atoms with E-state index in [2.05, 4.69) is 0 Å². The van der Waals surface area contributed by atoms with Crippen molar-refractivity contribution in [3.63, 3.8) is 0 Å². The predicted octanol–water partition coefficient (Wildman–Crippen LogP) is 3.15. The summed E-state index contributed by atoms with van der Waals surface area (Å²) >= 11 is 0. The molecule has 2 fully saturated rings. The lowest BCUT2D eigenvalue weighted by Crippen LogP contribution is -2.50. The molecule has 0 radical (unpaired) electrons. The van der Waals surface area contributed by atoms with Gasteiger partial charge in [-0.3, -0.25) is 4.79 Å². The number of nitrogens with zero attached hydrogens (tertiary/aromatic N) is 1. The van der Waals surface area contributed by atoms with Gasteiger partial charge < -0.3 is 19.1 Å². The maximum atomic E-state index is 12.6. The molecule has 1 saturated heterocycles. The summed E-state index contributed by atoms with van der Waals surface area (Å²) in [6.07, 6.45) is 9.99. The molecular formula is C21H25NO5. The fourth-order valence-corrected chi connectivity index (χ4v) is 4.38. The van der Waals surface area contributed by atoms with Gasteiger partial charge in [-0.25, -0.2) is 4.79 Å². The monoisotopic (exact) mass is 371 g/mol. The molecule has 0 spiro atoms. The SMILES string of the molecule is O=C(/C=C/c1ccc2c(c1)OCO2)OCC(=O)N1CCC[C@@H]2CCCC[C@@H]21. The maximum Gasteiger partial charge on any atom is 0.331 e. The topological polar surface area (TPSA) is 65.1 Å². The Kier molecular flexibility index (Phi) is 5.32. The van der Waals surface area contributed by atoms with E-state index in [1.165, 1.54) is 31.8 Å². The first kappa shape index (κ1) is 17.9. The summed E-state index contributed by atoms with van der Waals surface area (Å²) in [6.45, 7) is 0.809. The van der Waals surface area contributed by atoms with Crippen LogP contribution in [0.3, 0.4) is 0 Å². The Morgan fingerprint density at radius 1 is 1.11 bits per heavy atom. The molecule has 3 aliphatic rings. The zero-order chi connectivity index (χ0) is 18.6.